The van der Waals surface area contributed by atoms with Gasteiger partial charge in [-0.15, -0.1) is 0 Å². The molecule has 0 aliphatic carbocycles. The number of hydrogen-bond donors (Lipinski definition) is 1. The van der Waals surface area contributed by atoms with E-state index in [9.17, 15) is 4.39 Å². The summed E-state index contributed by atoms with van der Waals surface area (Å²) in [5.74, 6) is -0.408. The van der Waals surface area contributed by atoms with Crippen LogP contribution in [-0.2, 0) is 6.54 Å². The number of benzene rings is 2. The van der Waals surface area contributed by atoms with E-state index >= 15 is 0 Å². The minimum atomic E-state index is -0.408. The third-order valence-corrected chi connectivity index (χ3v) is 4.11. The summed E-state index contributed by atoms with van der Waals surface area (Å²) >= 11 is 9.11. The van der Waals surface area contributed by atoms with Crippen LogP contribution in [0.5, 0.6) is 0 Å². The molecule has 0 amide bonds. The summed E-state index contributed by atoms with van der Waals surface area (Å²) in [5, 5.41) is 0.106. The summed E-state index contributed by atoms with van der Waals surface area (Å²) in [7, 11) is 0. The minimum Gasteiger partial charge on any atom is -0.326 e. The van der Waals surface area contributed by atoms with Crippen molar-refractivity contribution in [3.8, 4) is 11.1 Å². The fraction of sp³-hybridized carbons (Fsp3) is 0.143. The van der Waals surface area contributed by atoms with Gasteiger partial charge in [-0.05, 0) is 45.6 Å². The number of rotatable bonds is 2. The molecular formula is C14H12BrClFN. The largest absolute Gasteiger partial charge is 0.326 e. The molecule has 0 aliphatic heterocycles. The predicted molar refractivity (Wildman–Crippen MR) is 77.2 cm³/mol. The monoisotopic (exact) mass is 327 g/mol. The first-order valence-electron chi connectivity index (χ1n) is 5.48. The van der Waals surface area contributed by atoms with Gasteiger partial charge in [0.2, 0.25) is 0 Å². The van der Waals surface area contributed by atoms with Crippen molar-refractivity contribution in [1.82, 2.24) is 0 Å². The van der Waals surface area contributed by atoms with Gasteiger partial charge in [-0.3, -0.25) is 0 Å². The molecule has 0 fully saturated rings. The van der Waals surface area contributed by atoms with Gasteiger partial charge in [-0.1, -0.05) is 35.9 Å². The maximum absolute atomic E-state index is 14.1. The van der Waals surface area contributed by atoms with Crippen molar-refractivity contribution in [1.29, 1.82) is 0 Å². The first-order chi connectivity index (χ1) is 8.54. The van der Waals surface area contributed by atoms with E-state index in [1.807, 2.05) is 25.1 Å². The number of nitrogens with two attached hydrogens (primary N) is 1. The van der Waals surface area contributed by atoms with Crippen molar-refractivity contribution in [2.75, 3.05) is 0 Å². The standard InChI is InChI=1S/C14H12BrClFN/c1-8-6-9(7-18)2-3-10(8)11-4-5-12(15)13(16)14(11)17/h2-6H,7,18H2,1H3. The maximum Gasteiger partial charge on any atom is 0.150 e. The molecule has 18 heavy (non-hydrogen) atoms. The molecule has 2 aromatic rings. The Balaban J connectivity index is 2.59. The van der Waals surface area contributed by atoms with Crippen LogP contribution in [0.2, 0.25) is 5.02 Å². The van der Waals surface area contributed by atoms with Crippen LogP contribution in [0.1, 0.15) is 11.1 Å². The van der Waals surface area contributed by atoms with Crippen LogP contribution in [0, 0.1) is 12.7 Å². The lowest BCUT2D eigenvalue weighted by Crippen LogP contribution is -1.97. The van der Waals surface area contributed by atoms with Crippen molar-refractivity contribution >= 4 is 27.5 Å². The quantitative estimate of drug-likeness (QED) is 0.796. The summed E-state index contributed by atoms with van der Waals surface area (Å²) in [6.07, 6.45) is 0. The third kappa shape index (κ3) is 2.44. The van der Waals surface area contributed by atoms with Crippen molar-refractivity contribution in [3.63, 3.8) is 0 Å². The Morgan fingerprint density at radius 3 is 2.50 bits per heavy atom. The van der Waals surface area contributed by atoms with Gasteiger partial charge < -0.3 is 5.73 Å². The second-order valence-corrected chi connectivity index (χ2v) is 5.31. The van der Waals surface area contributed by atoms with E-state index in [0.29, 0.717) is 16.6 Å². The number of hydrogen-bond acceptors (Lipinski definition) is 1. The van der Waals surface area contributed by atoms with Crippen LogP contribution in [0.25, 0.3) is 11.1 Å². The Morgan fingerprint density at radius 2 is 1.89 bits per heavy atom. The van der Waals surface area contributed by atoms with Gasteiger partial charge in [0.1, 0.15) is 0 Å². The van der Waals surface area contributed by atoms with Crippen molar-refractivity contribution < 1.29 is 4.39 Å². The molecule has 0 unspecified atom stereocenters. The topological polar surface area (TPSA) is 26.0 Å². The lowest BCUT2D eigenvalue weighted by Gasteiger charge is -2.10. The molecule has 0 spiro atoms. The van der Waals surface area contributed by atoms with Gasteiger partial charge in [-0.2, -0.15) is 0 Å². The molecule has 0 aliphatic rings. The van der Waals surface area contributed by atoms with Crippen LogP contribution in [0.4, 0.5) is 4.39 Å². The molecule has 94 valence electrons. The first kappa shape index (κ1) is 13.5. The molecule has 0 saturated heterocycles. The molecule has 0 bridgehead atoms. The number of halogens is 3. The molecule has 2 N–H and O–H groups in total. The van der Waals surface area contributed by atoms with E-state index in [-0.39, 0.29) is 5.02 Å². The Kier molecular flexibility index (Phi) is 4.05. The summed E-state index contributed by atoms with van der Waals surface area (Å²) in [4.78, 5) is 0. The second-order valence-electron chi connectivity index (χ2n) is 4.08. The van der Waals surface area contributed by atoms with Crippen LogP contribution >= 0.6 is 27.5 Å². The zero-order valence-electron chi connectivity index (χ0n) is 9.81. The smallest absolute Gasteiger partial charge is 0.150 e. The van der Waals surface area contributed by atoms with Gasteiger partial charge in [0, 0.05) is 16.6 Å². The molecule has 0 aromatic heterocycles. The van der Waals surface area contributed by atoms with Crippen molar-refractivity contribution in [2.24, 2.45) is 5.73 Å². The summed E-state index contributed by atoms with van der Waals surface area (Å²) < 4.78 is 14.7. The number of aryl methyl sites for hydroxylation is 1. The fourth-order valence-electron chi connectivity index (χ4n) is 1.89. The first-order valence-corrected chi connectivity index (χ1v) is 6.65. The van der Waals surface area contributed by atoms with Crippen molar-refractivity contribution in [2.45, 2.75) is 13.5 Å². The zero-order chi connectivity index (χ0) is 13.3. The summed E-state index contributed by atoms with van der Waals surface area (Å²) in [6, 6.07) is 9.20. The van der Waals surface area contributed by atoms with Gasteiger partial charge in [0.15, 0.2) is 5.82 Å². The summed E-state index contributed by atoms with van der Waals surface area (Å²) in [5.41, 5.74) is 8.93. The maximum atomic E-state index is 14.1. The molecule has 0 radical (unpaired) electrons. The fourth-order valence-corrected chi connectivity index (χ4v) is 2.36. The van der Waals surface area contributed by atoms with Gasteiger partial charge in [0.05, 0.1) is 5.02 Å². The Bertz CT molecular complexity index is 599. The van der Waals surface area contributed by atoms with E-state index in [1.165, 1.54) is 0 Å². The molecule has 0 atom stereocenters. The lowest BCUT2D eigenvalue weighted by molar-refractivity contribution is 0.631. The lowest BCUT2D eigenvalue weighted by atomic mass is 9.98. The molecule has 1 nitrogen and oxygen atoms in total. The zero-order valence-corrected chi connectivity index (χ0v) is 12.1. The van der Waals surface area contributed by atoms with E-state index in [0.717, 1.165) is 16.7 Å². The highest BCUT2D eigenvalue weighted by atomic mass is 79.9. The van der Waals surface area contributed by atoms with Gasteiger partial charge in [-0.25, -0.2) is 4.39 Å². The Hall–Kier alpha value is -0.900. The molecule has 2 rings (SSSR count). The highest BCUT2D eigenvalue weighted by molar-refractivity contribution is 9.10. The molecular weight excluding hydrogens is 317 g/mol. The van der Waals surface area contributed by atoms with Gasteiger partial charge >= 0.3 is 0 Å². The average Bonchev–Trinajstić information content (AvgIpc) is 2.37. The normalized spacial score (nSPS) is 10.7. The highest BCUT2D eigenvalue weighted by Crippen LogP contribution is 2.34. The highest BCUT2D eigenvalue weighted by Gasteiger charge is 2.13. The van der Waals surface area contributed by atoms with E-state index in [2.05, 4.69) is 15.9 Å². The van der Waals surface area contributed by atoms with E-state index in [4.69, 9.17) is 17.3 Å². The van der Waals surface area contributed by atoms with Crippen LogP contribution in [-0.4, -0.2) is 0 Å². The van der Waals surface area contributed by atoms with E-state index < -0.39 is 5.82 Å². The SMILES string of the molecule is Cc1cc(CN)ccc1-c1ccc(Br)c(Cl)c1F. The van der Waals surface area contributed by atoms with Crippen LogP contribution in [0.3, 0.4) is 0 Å². The van der Waals surface area contributed by atoms with Crippen LogP contribution < -0.4 is 5.73 Å². The molecule has 2 aromatic carbocycles. The molecule has 4 heteroatoms. The predicted octanol–water partition coefficient (Wildman–Crippen LogP) is 4.68. The second kappa shape index (κ2) is 5.39. The molecule has 0 heterocycles. The average molecular weight is 329 g/mol. The van der Waals surface area contributed by atoms with Crippen LogP contribution in [0.15, 0.2) is 34.8 Å². The Morgan fingerprint density at radius 1 is 1.22 bits per heavy atom. The molecule has 0 saturated carbocycles. The Labute approximate surface area is 119 Å². The third-order valence-electron chi connectivity index (χ3n) is 2.85. The van der Waals surface area contributed by atoms with Crippen molar-refractivity contribution in [3.05, 3.63) is 56.8 Å². The summed E-state index contributed by atoms with van der Waals surface area (Å²) in [6.45, 7) is 2.41. The van der Waals surface area contributed by atoms with E-state index in [1.54, 1.807) is 12.1 Å². The minimum absolute atomic E-state index is 0.106. The van der Waals surface area contributed by atoms with Gasteiger partial charge in [0.25, 0.3) is 0 Å².